The van der Waals surface area contributed by atoms with Gasteiger partial charge in [-0.2, -0.15) is 0 Å². The van der Waals surface area contributed by atoms with Crippen LogP contribution in [0.4, 0.5) is 34.1 Å². The van der Waals surface area contributed by atoms with E-state index in [0.29, 0.717) is 0 Å². The maximum absolute atomic E-state index is 2.63. The van der Waals surface area contributed by atoms with Gasteiger partial charge in [0.2, 0.25) is 0 Å². The lowest BCUT2D eigenvalue weighted by molar-refractivity contribution is 1.17. The van der Waals surface area contributed by atoms with E-state index in [2.05, 4.69) is 365 Å². The third-order valence-corrected chi connectivity index (χ3v) is 21.4. The zero-order valence-electron chi connectivity index (χ0n) is 52.2. The molecule has 3 aromatic heterocycles. The Balaban J connectivity index is 0.939. The van der Waals surface area contributed by atoms with Gasteiger partial charge in [0.15, 0.2) is 0 Å². The topological polar surface area (TPSA) is 16.3 Å². The van der Waals surface area contributed by atoms with Crippen molar-refractivity contribution in [3.05, 3.63) is 346 Å². The van der Waals surface area contributed by atoms with Gasteiger partial charge < -0.3 is 18.9 Å². The molecule has 2 aliphatic heterocycles. The molecule has 0 fully saturated rings. The maximum atomic E-state index is 2.63. The standard InChI is InChI=1S/C90H57BN4S/c1-5-23-58(24-6-1)63-47-64(59-25-7-2-8-26-59)50-70(49-63)94-84-56-68(92-80-36-18-13-31-72(80)73-32-14-19-37-81(73)92)42-44-78(84)91-79-45-43-69(93-82-38-20-15-33-74(82)75-34-16-21-39-83(75)93)57-85(79)95(71-51-65(60-27-9-3-10-28-60)48-66(52-71)61-29-11-4-12-30-61)87-55-67(54-86(94)90(87)91)62-41-46-89-77(53-62)76-35-17-22-40-88(76)96-89/h1-57H. The lowest BCUT2D eigenvalue weighted by Gasteiger charge is -2.45. The molecule has 2 aliphatic rings. The molecule has 0 radical (unpaired) electrons. The SMILES string of the molecule is c1ccc(-c2cc(-c3ccccc3)cc(N3c4cc(-n5c6ccccc6c6ccccc65)ccc4B4c5ccc(-n6c7ccccc7c7ccccc76)cc5N(c5cc(-c6ccccc6)cc(-c6ccccc6)c5)c5cc(-c6ccc7sc8ccccc8c7c6)cc3c54)c2)cc1. The highest BCUT2D eigenvalue weighted by Crippen LogP contribution is 2.51. The van der Waals surface area contributed by atoms with E-state index >= 15 is 0 Å². The third kappa shape index (κ3) is 8.55. The molecule has 0 aliphatic carbocycles. The van der Waals surface area contributed by atoms with Crippen LogP contribution in [-0.2, 0) is 0 Å². The van der Waals surface area contributed by atoms with Crippen molar-refractivity contribution in [3.8, 4) is 67.0 Å². The van der Waals surface area contributed by atoms with Gasteiger partial charge in [-0.3, -0.25) is 0 Å². The van der Waals surface area contributed by atoms with E-state index in [1.807, 2.05) is 11.3 Å². The molecule has 0 atom stereocenters. The second kappa shape index (κ2) is 21.7. The number of rotatable bonds is 9. The van der Waals surface area contributed by atoms with Crippen LogP contribution in [0, 0.1) is 0 Å². The molecule has 446 valence electrons. The van der Waals surface area contributed by atoms with E-state index in [0.717, 1.165) is 101 Å². The molecule has 20 rings (SSSR count). The number of nitrogens with zero attached hydrogens (tertiary/aromatic N) is 4. The van der Waals surface area contributed by atoms with E-state index in [-0.39, 0.29) is 6.71 Å². The summed E-state index contributed by atoms with van der Waals surface area (Å²) >= 11 is 1.87. The Kier molecular flexibility index (Phi) is 12.3. The lowest BCUT2D eigenvalue weighted by atomic mass is 9.33. The minimum absolute atomic E-state index is 0.207. The van der Waals surface area contributed by atoms with Crippen LogP contribution in [0.2, 0.25) is 0 Å². The minimum Gasteiger partial charge on any atom is -0.311 e. The van der Waals surface area contributed by atoms with Gasteiger partial charge in [-0.05, 0) is 187 Å². The van der Waals surface area contributed by atoms with Crippen molar-refractivity contribution in [2.45, 2.75) is 0 Å². The largest absolute Gasteiger partial charge is 0.311 e. The Morgan fingerprint density at radius 2 is 0.552 bits per heavy atom. The monoisotopic (exact) mass is 1240 g/mol. The highest BCUT2D eigenvalue weighted by Gasteiger charge is 2.44. The minimum atomic E-state index is -0.207. The van der Waals surface area contributed by atoms with Gasteiger partial charge in [0.05, 0.1) is 22.1 Å². The fourth-order valence-corrected chi connectivity index (χ4v) is 17.0. The summed E-state index contributed by atoms with van der Waals surface area (Å²) in [5.74, 6) is 0. The zero-order chi connectivity index (χ0) is 63.0. The van der Waals surface area contributed by atoms with Gasteiger partial charge in [-0.15, -0.1) is 11.3 Å². The van der Waals surface area contributed by atoms with Gasteiger partial charge in [0.25, 0.3) is 6.71 Å². The average Bonchev–Trinajstić information content (AvgIpc) is 0.827. The van der Waals surface area contributed by atoms with Crippen LogP contribution in [0.3, 0.4) is 0 Å². The average molecular weight is 1240 g/mol. The number of fused-ring (bicyclic) bond motifs is 13. The lowest BCUT2D eigenvalue weighted by Crippen LogP contribution is -2.61. The first-order valence-corrected chi connectivity index (χ1v) is 33.9. The van der Waals surface area contributed by atoms with Crippen molar-refractivity contribution >= 4 is 132 Å². The molecule has 0 bridgehead atoms. The van der Waals surface area contributed by atoms with Crippen molar-refractivity contribution in [1.82, 2.24) is 9.13 Å². The predicted molar refractivity (Wildman–Crippen MR) is 409 cm³/mol. The summed E-state index contributed by atoms with van der Waals surface area (Å²) in [5, 5.41) is 7.46. The molecular weight excluding hydrogens is 1180 g/mol. The predicted octanol–water partition coefficient (Wildman–Crippen LogP) is 22.7. The number of hydrogen-bond donors (Lipinski definition) is 0. The highest BCUT2D eigenvalue weighted by atomic mass is 32.1. The molecular formula is C90H57BN4S. The Morgan fingerprint density at radius 3 is 0.958 bits per heavy atom. The smallest absolute Gasteiger partial charge is 0.252 e. The van der Waals surface area contributed by atoms with Gasteiger partial charge in [-0.25, -0.2) is 0 Å². The van der Waals surface area contributed by atoms with Crippen LogP contribution in [0.25, 0.3) is 131 Å². The van der Waals surface area contributed by atoms with Crippen molar-refractivity contribution in [2.75, 3.05) is 9.80 Å². The van der Waals surface area contributed by atoms with Crippen molar-refractivity contribution in [1.29, 1.82) is 0 Å². The van der Waals surface area contributed by atoms with E-state index in [9.17, 15) is 0 Å². The summed E-state index contributed by atoms with van der Waals surface area (Å²) in [6.07, 6.45) is 0. The van der Waals surface area contributed by atoms with Crippen molar-refractivity contribution < 1.29 is 0 Å². The second-order valence-corrected chi connectivity index (χ2v) is 26.7. The third-order valence-electron chi connectivity index (χ3n) is 20.2. The number of anilines is 6. The Morgan fingerprint density at radius 1 is 0.208 bits per heavy atom. The summed E-state index contributed by atoms with van der Waals surface area (Å²) < 4.78 is 7.53. The maximum Gasteiger partial charge on any atom is 0.252 e. The molecule has 0 saturated carbocycles. The summed E-state index contributed by atoms with van der Waals surface area (Å²) in [6, 6.07) is 130. The van der Waals surface area contributed by atoms with Crippen LogP contribution in [-0.4, -0.2) is 15.8 Å². The molecule has 6 heteroatoms. The van der Waals surface area contributed by atoms with Crippen LogP contribution in [0.15, 0.2) is 346 Å². The summed E-state index contributed by atoms with van der Waals surface area (Å²) in [5.41, 5.74) is 28.7. The summed E-state index contributed by atoms with van der Waals surface area (Å²) in [7, 11) is 0. The second-order valence-electron chi connectivity index (χ2n) is 25.6. The number of benzene rings is 15. The normalized spacial score (nSPS) is 12.5. The molecule has 5 heterocycles. The van der Waals surface area contributed by atoms with E-state index in [4.69, 9.17) is 0 Å². The molecule has 18 aromatic rings. The van der Waals surface area contributed by atoms with Crippen molar-refractivity contribution in [2.24, 2.45) is 0 Å². The molecule has 0 N–H and O–H groups in total. The van der Waals surface area contributed by atoms with Gasteiger partial charge in [-0.1, -0.05) is 231 Å². The number of para-hydroxylation sites is 4. The van der Waals surface area contributed by atoms with Gasteiger partial charge in [0, 0.05) is 87.2 Å². The molecule has 0 spiro atoms. The van der Waals surface area contributed by atoms with E-state index < -0.39 is 0 Å². The number of aromatic nitrogens is 2. The number of hydrogen-bond acceptors (Lipinski definition) is 3. The molecule has 4 nitrogen and oxygen atoms in total. The Bertz CT molecular complexity index is 5630. The summed E-state index contributed by atoms with van der Waals surface area (Å²) in [4.78, 5) is 5.27. The van der Waals surface area contributed by atoms with Crippen LogP contribution in [0.1, 0.15) is 0 Å². The Labute approximate surface area is 560 Å². The van der Waals surface area contributed by atoms with Crippen LogP contribution < -0.4 is 26.2 Å². The molecule has 0 saturated heterocycles. The molecule has 0 amide bonds. The van der Waals surface area contributed by atoms with E-state index in [1.165, 1.54) is 80.2 Å². The first-order valence-electron chi connectivity index (χ1n) is 33.1. The first kappa shape index (κ1) is 54.4. The van der Waals surface area contributed by atoms with Gasteiger partial charge >= 0.3 is 0 Å². The zero-order valence-corrected chi connectivity index (χ0v) is 53.0. The van der Waals surface area contributed by atoms with Crippen molar-refractivity contribution in [3.63, 3.8) is 0 Å². The fourth-order valence-electron chi connectivity index (χ4n) is 15.9. The fraction of sp³-hybridized carbons (Fsp3) is 0. The molecule has 0 unspecified atom stereocenters. The van der Waals surface area contributed by atoms with E-state index in [1.54, 1.807) is 0 Å². The van der Waals surface area contributed by atoms with Crippen LogP contribution in [0.5, 0.6) is 0 Å². The molecule has 15 aromatic carbocycles. The first-order chi connectivity index (χ1) is 47.6. The van der Waals surface area contributed by atoms with Crippen LogP contribution >= 0.6 is 11.3 Å². The van der Waals surface area contributed by atoms with Gasteiger partial charge in [0.1, 0.15) is 0 Å². The Hall–Kier alpha value is -12.2. The quantitative estimate of drug-likeness (QED) is 0.134. The molecule has 96 heavy (non-hydrogen) atoms. The highest BCUT2D eigenvalue weighted by molar-refractivity contribution is 7.25. The number of thiophene rings is 1. The summed E-state index contributed by atoms with van der Waals surface area (Å²) in [6.45, 7) is -0.207.